The monoisotopic (exact) mass is 241 g/mol. The zero-order valence-corrected chi connectivity index (χ0v) is 10.8. The lowest BCUT2D eigenvalue weighted by Gasteiger charge is -2.12. The van der Waals surface area contributed by atoms with Crippen molar-refractivity contribution in [3.63, 3.8) is 0 Å². The molecule has 0 bridgehead atoms. The van der Waals surface area contributed by atoms with Crippen LogP contribution in [-0.4, -0.2) is 16.0 Å². The molecule has 1 unspecified atom stereocenters. The molecular weight excluding hydrogens is 222 g/mol. The normalized spacial score (nSPS) is 16.9. The predicted molar refractivity (Wildman–Crippen MR) is 73.2 cm³/mol. The highest BCUT2D eigenvalue weighted by Gasteiger charge is 2.23. The van der Waals surface area contributed by atoms with E-state index >= 15 is 0 Å². The van der Waals surface area contributed by atoms with E-state index < -0.39 is 0 Å². The van der Waals surface area contributed by atoms with Crippen LogP contribution in [0.25, 0.3) is 11.0 Å². The number of rotatable bonds is 5. The second-order valence-electron chi connectivity index (χ2n) is 5.31. The Morgan fingerprint density at radius 2 is 2.06 bits per heavy atom. The summed E-state index contributed by atoms with van der Waals surface area (Å²) < 4.78 is 0. The van der Waals surface area contributed by atoms with Crippen LogP contribution < -0.4 is 5.32 Å². The lowest BCUT2D eigenvalue weighted by atomic mass is 10.1. The van der Waals surface area contributed by atoms with Gasteiger partial charge in [0.25, 0.3) is 0 Å². The summed E-state index contributed by atoms with van der Waals surface area (Å²) in [5.41, 5.74) is 2.97. The van der Waals surface area contributed by atoms with Crippen LogP contribution in [0.2, 0.25) is 0 Å². The Bertz CT molecular complexity index is 534. The van der Waals surface area contributed by atoms with Crippen LogP contribution in [0.4, 0.5) is 0 Å². The van der Waals surface area contributed by atoms with Crippen molar-refractivity contribution in [1.82, 2.24) is 15.3 Å². The lowest BCUT2D eigenvalue weighted by molar-refractivity contribution is 0.484. The maximum absolute atomic E-state index is 4.62. The van der Waals surface area contributed by atoms with Crippen LogP contribution in [-0.2, 0) is 6.54 Å². The maximum Gasteiger partial charge on any atom is 0.0890 e. The zero-order chi connectivity index (χ0) is 12.4. The molecule has 1 fully saturated rings. The van der Waals surface area contributed by atoms with Crippen molar-refractivity contribution in [1.29, 1.82) is 0 Å². The molecule has 1 atom stereocenters. The number of aromatic nitrogens is 2. The summed E-state index contributed by atoms with van der Waals surface area (Å²) in [7, 11) is 0. The van der Waals surface area contributed by atoms with Gasteiger partial charge in [-0.05, 0) is 31.4 Å². The van der Waals surface area contributed by atoms with Gasteiger partial charge in [0.05, 0.1) is 22.9 Å². The van der Waals surface area contributed by atoms with Gasteiger partial charge in [-0.3, -0.25) is 4.98 Å². The summed E-state index contributed by atoms with van der Waals surface area (Å²) >= 11 is 0. The summed E-state index contributed by atoms with van der Waals surface area (Å²) in [6.45, 7) is 3.07. The van der Waals surface area contributed by atoms with E-state index in [9.17, 15) is 0 Å². The average Bonchev–Trinajstić information content (AvgIpc) is 3.20. The first kappa shape index (κ1) is 11.6. The molecule has 3 rings (SSSR count). The van der Waals surface area contributed by atoms with E-state index in [2.05, 4.69) is 22.2 Å². The summed E-state index contributed by atoms with van der Waals surface area (Å²) in [6.07, 6.45) is 6.00. The molecule has 1 N–H and O–H groups in total. The minimum atomic E-state index is 0.575. The van der Waals surface area contributed by atoms with Crippen LogP contribution in [0, 0.1) is 5.92 Å². The van der Waals surface area contributed by atoms with Crippen molar-refractivity contribution >= 4 is 11.0 Å². The Kier molecular flexibility index (Phi) is 3.24. The van der Waals surface area contributed by atoms with Gasteiger partial charge in [-0.15, -0.1) is 0 Å². The summed E-state index contributed by atoms with van der Waals surface area (Å²) in [6, 6.07) is 8.58. The zero-order valence-electron chi connectivity index (χ0n) is 10.8. The van der Waals surface area contributed by atoms with Gasteiger partial charge in [0.15, 0.2) is 0 Å². The van der Waals surface area contributed by atoms with Gasteiger partial charge in [-0.25, -0.2) is 4.98 Å². The van der Waals surface area contributed by atoms with E-state index in [1.807, 2.05) is 30.5 Å². The highest BCUT2D eigenvalue weighted by Crippen LogP contribution is 2.33. The van der Waals surface area contributed by atoms with Gasteiger partial charge in [-0.2, -0.15) is 0 Å². The molecule has 1 saturated carbocycles. The summed E-state index contributed by atoms with van der Waals surface area (Å²) in [5, 5.41) is 3.53. The van der Waals surface area contributed by atoms with Crippen molar-refractivity contribution in [2.75, 3.05) is 0 Å². The number of nitrogens with one attached hydrogen (secondary N) is 1. The molecule has 0 amide bonds. The Hall–Kier alpha value is -1.48. The second-order valence-corrected chi connectivity index (χ2v) is 5.31. The fourth-order valence-electron chi connectivity index (χ4n) is 2.30. The standard InChI is InChI=1S/C15H19N3/c1-11(8-12-6-7-12)16-9-13-10-17-14-4-2-3-5-15(14)18-13/h2-5,10-12,16H,6-9H2,1H3. The molecule has 3 nitrogen and oxygen atoms in total. The molecule has 0 spiro atoms. The smallest absolute Gasteiger partial charge is 0.0890 e. The van der Waals surface area contributed by atoms with Crippen LogP contribution in [0.15, 0.2) is 30.5 Å². The third kappa shape index (κ3) is 2.85. The van der Waals surface area contributed by atoms with Crippen LogP contribution in [0.1, 0.15) is 31.9 Å². The predicted octanol–water partition coefficient (Wildman–Crippen LogP) is 2.91. The largest absolute Gasteiger partial charge is 0.309 e. The Morgan fingerprint density at radius 1 is 1.28 bits per heavy atom. The summed E-state index contributed by atoms with van der Waals surface area (Å²) in [5.74, 6) is 0.968. The molecule has 1 aliphatic rings. The molecule has 1 aromatic heterocycles. The van der Waals surface area contributed by atoms with E-state index in [-0.39, 0.29) is 0 Å². The van der Waals surface area contributed by atoms with Gasteiger partial charge in [0.2, 0.25) is 0 Å². The molecule has 0 saturated heterocycles. The molecular formula is C15H19N3. The van der Waals surface area contributed by atoms with E-state index in [0.717, 1.165) is 29.2 Å². The van der Waals surface area contributed by atoms with Gasteiger partial charge >= 0.3 is 0 Å². The number of hydrogen-bond acceptors (Lipinski definition) is 3. The third-order valence-corrected chi connectivity index (χ3v) is 3.51. The Labute approximate surface area is 108 Å². The van der Waals surface area contributed by atoms with Crippen LogP contribution in [0.3, 0.4) is 0 Å². The summed E-state index contributed by atoms with van der Waals surface area (Å²) in [4.78, 5) is 9.05. The van der Waals surface area contributed by atoms with Gasteiger partial charge in [0.1, 0.15) is 0 Å². The van der Waals surface area contributed by atoms with Gasteiger partial charge in [-0.1, -0.05) is 25.0 Å². The fraction of sp³-hybridized carbons (Fsp3) is 0.467. The molecule has 1 heterocycles. The topological polar surface area (TPSA) is 37.8 Å². The van der Waals surface area contributed by atoms with Crippen molar-refractivity contribution in [2.24, 2.45) is 5.92 Å². The van der Waals surface area contributed by atoms with E-state index in [1.54, 1.807) is 0 Å². The Balaban J connectivity index is 1.62. The highest BCUT2D eigenvalue weighted by atomic mass is 14.9. The van der Waals surface area contributed by atoms with Crippen molar-refractivity contribution in [2.45, 2.75) is 38.8 Å². The SMILES string of the molecule is CC(CC1CC1)NCc1cnc2ccccc2n1. The molecule has 0 aliphatic heterocycles. The minimum absolute atomic E-state index is 0.575. The number of fused-ring (bicyclic) bond motifs is 1. The molecule has 2 aromatic rings. The van der Waals surface area contributed by atoms with Crippen molar-refractivity contribution in [3.8, 4) is 0 Å². The van der Waals surface area contributed by atoms with Crippen molar-refractivity contribution in [3.05, 3.63) is 36.2 Å². The third-order valence-electron chi connectivity index (χ3n) is 3.51. The molecule has 18 heavy (non-hydrogen) atoms. The van der Waals surface area contributed by atoms with Crippen LogP contribution >= 0.6 is 0 Å². The minimum Gasteiger partial charge on any atom is -0.309 e. The number of para-hydroxylation sites is 2. The number of benzene rings is 1. The molecule has 3 heteroatoms. The van der Waals surface area contributed by atoms with E-state index in [0.29, 0.717) is 6.04 Å². The molecule has 1 aliphatic carbocycles. The first-order valence-corrected chi connectivity index (χ1v) is 6.75. The van der Waals surface area contributed by atoms with E-state index in [4.69, 9.17) is 0 Å². The molecule has 94 valence electrons. The first-order valence-electron chi connectivity index (χ1n) is 6.75. The molecule has 0 radical (unpaired) electrons. The fourth-order valence-corrected chi connectivity index (χ4v) is 2.30. The lowest BCUT2D eigenvalue weighted by Crippen LogP contribution is -2.26. The maximum atomic E-state index is 4.62. The second kappa shape index (κ2) is 5.02. The van der Waals surface area contributed by atoms with Gasteiger partial charge in [0, 0.05) is 12.6 Å². The number of hydrogen-bond donors (Lipinski definition) is 1. The van der Waals surface area contributed by atoms with Gasteiger partial charge < -0.3 is 5.32 Å². The first-order chi connectivity index (χ1) is 8.81. The van der Waals surface area contributed by atoms with Crippen molar-refractivity contribution < 1.29 is 0 Å². The van der Waals surface area contributed by atoms with E-state index in [1.165, 1.54) is 19.3 Å². The molecule has 1 aromatic carbocycles. The van der Waals surface area contributed by atoms with Crippen LogP contribution in [0.5, 0.6) is 0 Å². The highest BCUT2D eigenvalue weighted by molar-refractivity contribution is 5.73. The number of nitrogens with zero attached hydrogens (tertiary/aromatic N) is 2. The average molecular weight is 241 g/mol. The quantitative estimate of drug-likeness (QED) is 0.874. The Morgan fingerprint density at radius 3 is 2.83 bits per heavy atom.